The molecule has 38 heavy (non-hydrogen) atoms. The zero-order chi connectivity index (χ0) is 26.7. The number of hydrogen-bond donors (Lipinski definition) is 0. The highest BCUT2D eigenvalue weighted by Crippen LogP contribution is 2.46. The lowest BCUT2D eigenvalue weighted by Gasteiger charge is -2.33. The maximum atomic E-state index is 2.47. The molecule has 6 rings (SSSR count). The van der Waals surface area contributed by atoms with Crippen LogP contribution < -0.4 is 4.90 Å². The molecule has 1 aliphatic rings. The fourth-order valence-electron chi connectivity index (χ4n) is 5.86. The van der Waals surface area contributed by atoms with Gasteiger partial charge in [0.1, 0.15) is 0 Å². The van der Waals surface area contributed by atoms with Gasteiger partial charge < -0.3 is 4.90 Å². The van der Waals surface area contributed by atoms with Gasteiger partial charge in [-0.15, -0.1) is 0 Å². The predicted molar refractivity (Wildman–Crippen MR) is 168 cm³/mol. The molecule has 5 aromatic carbocycles. The molecule has 0 bridgehead atoms. The van der Waals surface area contributed by atoms with Crippen molar-refractivity contribution in [2.45, 2.75) is 50.8 Å². The van der Waals surface area contributed by atoms with Crippen molar-refractivity contribution in [3.8, 4) is 0 Å². The van der Waals surface area contributed by atoms with Gasteiger partial charge in [0, 0.05) is 17.4 Å². The second-order valence-electron chi connectivity index (χ2n) is 10.3. The third-order valence-corrected chi connectivity index (χ3v) is 8.86. The van der Waals surface area contributed by atoms with E-state index in [0.29, 0.717) is 0 Å². The summed E-state index contributed by atoms with van der Waals surface area (Å²) in [6.45, 7) is 8.74. The summed E-state index contributed by atoms with van der Waals surface area (Å²) in [5.41, 5.74) is 5.46. The van der Waals surface area contributed by atoms with Crippen molar-refractivity contribution in [1.29, 1.82) is 0 Å². The van der Waals surface area contributed by atoms with Crippen molar-refractivity contribution in [3.05, 3.63) is 131 Å². The summed E-state index contributed by atoms with van der Waals surface area (Å²) in [4.78, 5) is 3.68. The first-order valence-corrected chi connectivity index (χ1v) is 14.5. The van der Waals surface area contributed by atoms with Gasteiger partial charge in [-0.2, -0.15) is 0 Å². The number of benzene rings is 5. The molecule has 1 nitrogen and oxygen atoms in total. The standard InChI is InChI=1S/C34H31NS.C2H6/c1-24-16-18-27-11-6-7-13-29(27)33(24)34(2,23-25-17-19-26-10-4-5-12-28(26)22-25)21-20-32-35(3)30-14-8-9-15-31(30)36-32;1-2/h4-20,22H,21,23H2,1-3H3;1-2H3/b32-20-;. The SMILES string of the molecule is CC.Cc1ccc2ccccc2c1C(C)(C/C=C1\Sc2ccccc2N1C)Cc1ccc2ccccc2c1. The van der Waals surface area contributed by atoms with Crippen molar-refractivity contribution >= 4 is 39.0 Å². The smallest absolute Gasteiger partial charge is 0.0758 e. The van der Waals surface area contributed by atoms with Crippen LogP contribution in [0.15, 0.2) is 119 Å². The number of hydrogen-bond acceptors (Lipinski definition) is 2. The Morgan fingerprint density at radius 2 is 1.42 bits per heavy atom. The van der Waals surface area contributed by atoms with Crippen LogP contribution in [0.1, 0.15) is 43.9 Å². The van der Waals surface area contributed by atoms with Crippen LogP contribution in [0.3, 0.4) is 0 Å². The van der Waals surface area contributed by atoms with Crippen LogP contribution in [0.5, 0.6) is 0 Å². The Morgan fingerprint density at radius 1 is 0.763 bits per heavy atom. The second-order valence-corrected chi connectivity index (χ2v) is 11.3. The number of nitrogens with zero attached hydrogens (tertiary/aromatic N) is 1. The van der Waals surface area contributed by atoms with Crippen LogP contribution in [0.2, 0.25) is 0 Å². The van der Waals surface area contributed by atoms with Gasteiger partial charge in [-0.25, -0.2) is 0 Å². The minimum absolute atomic E-state index is 0.0590. The Bertz CT molecular complexity index is 1610. The van der Waals surface area contributed by atoms with E-state index in [9.17, 15) is 0 Å². The number of anilines is 1. The van der Waals surface area contributed by atoms with Gasteiger partial charge in [0.2, 0.25) is 0 Å². The van der Waals surface area contributed by atoms with Crippen LogP contribution in [0, 0.1) is 6.92 Å². The highest BCUT2D eigenvalue weighted by Gasteiger charge is 2.31. The van der Waals surface area contributed by atoms with E-state index in [-0.39, 0.29) is 5.41 Å². The van der Waals surface area contributed by atoms with Crippen LogP contribution in [0.4, 0.5) is 5.69 Å². The maximum Gasteiger partial charge on any atom is 0.0758 e. The normalized spacial score (nSPS) is 15.3. The molecular formula is C36H37NS. The number of rotatable bonds is 5. The molecule has 0 N–H and O–H groups in total. The number of fused-ring (bicyclic) bond motifs is 3. The molecule has 0 saturated heterocycles. The largest absolute Gasteiger partial charge is 0.338 e. The van der Waals surface area contributed by atoms with Gasteiger partial charge in [-0.1, -0.05) is 130 Å². The second kappa shape index (κ2) is 11.1. The summed E-state index contributed by atoms with van der Waals surface area (Å²) in [5.74, 6) is 0. The Hall–Kier alpha value is -3.49. The van der Waals surface area contributed by atoms with Crippen molar-refractivity contribution in [2.75, 3.05) is 11.9 Å². The summed E-state index contributed by atoms with van der Waals surface area (Å²) in [7, 11) is 2.19. The number of para-hydroxylation sites is 1. The van der Waals surface area contributed by atoms with E-state index < -0.39 is 0 Å². The van der Waals surface area contributed by atoms with Gasteiger partial charge in [0.05, 0.1) is 10.7 Å². The summed E-state index contributed by atoms with van der Waals surface area (Å²) in [5, 5.41) is 6.61. The van der Waals surface area contributed by atoms with E-state index in [1.165, 1.54) is 53.8 Å². The van der Waals surface area contributed by atoms with Gasteiger partial charge in [0.15, 0.2) is 0 Å². The molecule has 1 atom stereocenters. The van der Waals surface area contributed by atoms with E-state index >= 15 is 0 Å². The first-order chi connectivity index (χ1) is 18.5. The summed E-state index contributed by atoms with van der Waals surface area (Å²) in [6.07, 6.45) is 4.42. The quantitative estimate of drug-likeness (QED) is 0.229. The highest BCUT2D eigenvalue weighted by atomic mass is 32.2. The van der Waals surface area contributed by atoms with Crippen LogP contribution >= 0.6 is 11.8 Å². The van der Waals surface area contributed by atoms with Crippen molar-refractivity contribution in [2.24, 2.45) is 0 Å². The molecule has 5 aromatic rings. The average molecular weight is 516 g/mol. The van der Waals surface area contributed by atoms with E-state index in [1.807, 2.05) is 25.6 Å². The van der Waals surface area contributed by atoms with Gasteiger partial charge in [-0.3, -0.25) is 0 Å². The van der Waals surface area contributed by atoms with Crippen molar-refractivity contribution in [1.82, 2.24) is 0 Å². The molecule has 0 spiro atoms. The number of thioether (sulfide) groups is 1. The maximum absolute atomic E-state index is 2.47. The highest BCUT2D eigenvalue weighted by molar-refractivity contribution is 8.03. The van der Waals surface area contributed by atoms with Gasteiger partial charge in [-0.05, 0) is 70.1 Å². The molecule has 192 valence electrons. The third-order valence-electron chi connectivity index (χ3n) is 7.65. The molecule has 1 aliphatic heterocycles. The molecular weight excluding hydrogens is 478 g/mol. The topological polar surface area (TPSA) is 3.24 Å². The molecule has 0 aromatic heterocycles. The number of aryl methyl sites for hydroxylation is 1. The molecule has 0 saturated carbocycles. The van der Waals surface area contributed by atoms with Gasteiger partial charge in [0.25, 0.3) is 0 Å². The van der Waals surface area contributed by atoms with E-state index in [0.717, 1.165) is 12.8 Å². The molecule has 1 heterocycles. The molecule has 0 aliphatic carbocycles. The van der Waals surface area contributed by atoms with Crippen LogP contribution in [-0.4, -0.2) is 7.05 Å². The van der Waals surface area contributed by atoms with E-state index in [1.54, 1.807) is 0 Å². The molecule has 0 radical (unpaired) electrons. The lowest BCUT2D eigenvalue weighted by molar-refractivity contribution is 0.476. The molecule has 0 fully saturated rings. The average Bonchev–Trinajstić information content (AvgIpc) is 3.28. The first-order valence-electron chi connectivity index (χ1n) is 13.7. The monoisotopic (exact) mass is 515 g/mol. The Kier molecular flexibility index (Phi) is 7.63. The molecule has 1 unspecified atom stereocenters. The molecule has 2 heteroatoms. The summed E-state index contributed by atoms with van der Waals surface area (Å²) < 4.78 is 0. The third kappa shape index (κ3) is 4.98. The van der Waals surface area contributed by atoms with Crippen molar-refractivity contribution in [3.63, 3.8) is 0 Å². The van der Waals surface area contributed by atoms with Gasteiger partial charge >= 0.3 is 0 Å². The number of allylic oxidation sites excluding steroid dienone is 1. The van der Waals surface area contributed by atoms with E-state index in [2.05, 4.69) is 135 Å². The minimum atomic E-state index is -0.0590. The fraction of sp³-hybridized carbons (Fsp3) is 0.222. The zero-order valence-electron chi connectivity index (χ0n) is 23.2. The lowest BCUT2D eigenvalue weighted by atomic mass is 9.71. The Labute approximate surface area is 232 Å². The van der Waals surface area contributed by atoms with Crippen LogP contribution in [0.25, 0.3) is 21.5 Å². The fourth-order valence-corrected chi connectivity index (χ4v) is 6.94. The van der Waals surface area contributed by atoms with Crippen LogP contribution in [-0.2, 0) is 11.8 Å². The van der Waals surface area contributed by atoms with Crippen molar-refractivity contribution < 1.29 is 0 Å². The summed E-state index contributed by atoms with van der Waals surface area (Å²) >= 11 is 1.88. The Morgan fingerprint density at radius 3 is 2.21 bits per heavy atom. The van der Waals surface area contributed by atoms with E-state index in [4.69, 9.17) is 0 Å². The zero-order valence-corrected chi connectivity index (χ0v) is 24.0. The predicted octanol–water partition coefficient (Wildman–Crippen LogP) is 10.3. The minimum Gasteiger partial charge on any atom is -0.338 e. The lowest BCUT2D eigenvalue weighted by Crippen LogP contribution is -2.26. The summed E-state index contributed by atoms with van der Waals surface area (Å²) in [6, 6.07) is 37.8. The molecule has 0 amide bonds. The Balaban J connectivity index is 0.00000144. The first kappa shape index (κ1) is 26.1.